The summed E-state index contributed by atoms with van der Waals surface area (Å²) in [5, 5.41) is 0. The van der Waals surface area contributed by atoms with E-state index in [2.05, 4.69) is 6.92 Å². The molecule has 0 radical (unpaired) electrons. The summed E-state index contributed by atoms with van der Waals surface area (Å²) in [5.74, 6) is -0.492. The number of alkyl halides is 1. The van der Waals surface area contributed by atoms with E-state index in [1.165, 1.54) is 26.2 Å². The molecule has 0 spiro atoms. The Morgan fingerprint density at radius 3 is 1.69 bits per heavy atom. The average Bonchev–Trinajstić information content (AvgIpc) is 2.14. The minimum absolute atomic E-state index is 0.220. The number of halogens is 4. The van der Waals surface area contributed by atoms with Gasteiger partial charge in [0.25, 0.3) is 0 Å². The first kappa shape index (κ1) is 15.3. The monoisotopic (exact) mass is 216 g/mol. The Morgan fingerprint density at radius 2 is 1.62 bits per heavy atom. The van der Waals surface area contributed by atoms with Gasteiger partial charge in [-0.05, 0) is 6.42 Å². The molecule has 0 unspecified atom stereocenters. The van der Waals surface area contributed by atoms with Crippen LogP contribution in [0, 0.1) is 0 Å². The van der Waals surface area contributed by atoms with Crippen molar-refractivity contribution in [2.45, 2.75) is 39.5 Å². The van der Waals surface area contributed by atoms with Gasteiger partial charge >= 0.3 is 6.08 Å². The number of unbranched alkanes of at least 4 members (excludes halogenated alkanes) is 2. The minimum atomic E-state index is -2.21. The van der Waals surface area contributed by atoms with E-state index in [0.717, 1.165) is 5.88 Å². The van der Waals surface area contributed by atoms with Crippen LogP contribution in [0.5, 0.6) is 0 Å². The van der Waals surface area contributed by atoms with E-state index < -0.39 is 11.9 Å². The molecule has 0 fully saturated rings. The molecule has 0 aromatic carbocycles. The lowest BCUT2D eigenvalue weighted by atomic mass is 10.3. The molecule has 0 rings (SSSR count). The molecule has 0 aliphatic rings. The first-order chi connectivity index (χ1) is 6.09. The van der Waals surface area contributed by atoms with Gasteiger partial charge in [0.2, 0.25) is 0 Å². The number of hydrogen-bond acceptors (Lipinski definition) is 0. The molecule has 80 valence electrons. The molecule has 0 amide bonds. The van der Waals surface area contributed by atoms with Crippen molar-refractivity contribution in [3.63, 3.8) is 0 Å². The fourth-order valence-corrected chi connectivity index (χ4v) is 0.667. The van der Waals surface area contributed by atoms with Gasteiger partial charge in [0.05, 0.1) is 0 Å². The van der Waals surface area contributed by atoms with Gasteiger partial charge in [-0.25, -0.2) is 4.39 Å². The van der Waals surface area contributed by atoms with Crippen LogP contribution in [0.4, 0.5) is 13.2 Å². The van der Waals surface area contributed by atoms with E-state index in [1.807, 2.05) is 0 Å². The van der Waals surface area contributed by atoms with Gasteiger partial charge in [-0.2, -0.15) is 8.78 Å². The maximum atomic E-state index is 11.4. The van der Waals surface area contributed by atoms with Crippen molar-refractivity contribution in [3.05, 3.63) is 11.9 Å². The third kappa shape index (κ3) is 14.7. The topological polar surface area (TPSA) is 0 Å². The summed E-state index contributed by atoms with van der Waals surface area (Å²) >= 11 is 5.38. The quantitative estimate of drug-likeness (QED) is 0.464. The lowest BCUT2D eigenvalue weighted by Crippen LogP contribution is -1.70. The molecule has 0 saturated heterocycles. The predicted molar refractivity (Wildman–Crippen MR) is 50.9 cm³/mol. The van der Waals surface area contributed by atoms with Crippen molar-refractivity contribution in [3.8, 4) is 0 Å². The van der Waals surface area contributed by atoms with Crippen LogP contribution in [0.3, 0.4) is 0 Å². The minimum Gasteiger partial charge on any atom is -0.206 e. The molecule has 0 saturated carbocycles. The summed E-state index contributed by atoms with van der Waals surface area (Å²) in [6.07, 6.45) is 1.30. The largest absolute Gasteiger partial charge is 0.301 e. The van der Waals surface area contributed by atoms with E-state index in [0.29, 0.717) is 0 Å². The van der Waals surface area contributed by atoms with Crippen molar-refractivity contribution in [2.75, 3.05) is 5.88 Å². The Morgan fingerprint density at radius 1 is 1.08 bits per heavy atom. The van der Waals surface area contributed by atoms with E-state index in [1.54, 1.807) is 0 Å². The lowest BCUT2D eigenvalue weighted by Gasteiger charge is -1.84. The highest BCUT2D eigenvalue weighted by molar-refractivity contribution is 6.17. The van der Waals surface area contributed by atoms with Crippen LogP contribution in [0.1, 0.15) is 39.5 Å². The second-order valence-electron chi connectivity index (χ2n) is 2.41. The third-order valence-electron chi connectivity index (χ3n) is 1.25. The zero-order valence-corrected chi connectivity index (χ0v) is 8.80. The first-order valence-corrected chi connectivity index (χ1v) is 4.89. The van der Waals surface area contributed by atoms with Crippen LogP contribution < -0.4 is 0 Å². The second kappa shape index (κ2) is 11.8. The summed E-state index contributed by atoms with van der Waals surface area (Å²) < 4.78 is 33.3. The van der Waals surface area contributed by atoms with E-state index in [9.17, 15) is 13.2 Å². The van der Waals surface area contributed by atoms with Crippen LogP contribution in [0.2, 0.25) is 0 Å². The summed E-state index contributed by atoms with van der Waals surface area (Å²) in [5.41, 5.74) is 0. The highest BCUT2D eigenvalue weighted by atomic mass is 35.5. The van der Waals surface area contributed by atoms with Gasteiger partial charge in [-0.3, -0.25) is 0 Å². The highest BCUT2D eigenvalue weighted by Crippen LogP contribution is 2.11. The van der Waals surface area contributed by atoms with Crippen molar-refractivity contribution >= 4 is 11.6 Å². The molecular weight excluding hydrogens is 201 g/mol. The van der Waals surface area contributed by atoms with Gasteiger partial charge in [-0.15, -0.1) is 11.6 Å². The van der Waals surface area contributed by atoms with Gasteiger partial charge in [0.1, 0.15) is 0 Å². The molecule has 0 aromatic heterocycles. The molecule has 4 heteroatoms. The number of rotatable bonds is 4. The standard InChI is InChI=1S/C5H11Cl.C4H5F3/c1-2-3-4-5-6;1-2-3(5)4(6)7/h2-5H2,1H3;2H2,1H3. The fraction of sp³-hybridized carbons (Fsp3) is 0.778. The van der Waals surface area contributed by atoms with Crippen molar-refractivity contribution in [1.82, 2.24) is 0 Å². The smallest absolute Gasteiger partial charge is 0.206 e. The molecule has 0 aliphatic heterocycles. The van der Waals surface area contributed by atoms with Crippen molar-refractivity contribution < 1.29 is 13.2 Å². The average molecular weight is 217 g/mol. The number of allylic oxidation sites excluding steroid dienone is 1. The van der Waals surface area contributed by atoms with E-state index in [4.69, 9.17) is 11.6 Å². The Kier molecular flexibility index (Phi) is 13.9. The van der Waals surface area contributed by atoms with Gasteiger partial charge in [-0.1, -0.05) is 26.7 Å². The Bertz CT molecular complexity index is 127. The Hall–Kier alpha value is -0.180. The first-order valence-electron chi connectivity index (χ1n) is 4.35. The summed E-state index contributed by atoms with van der Waals surface area (Å²) in [6, 6.07) is 0. The maximum Gasteiger partial charge on any atom is 0.301 e. The van der Waals surface area contributed by atoms with Crippen LogP contribution in [0.15, 0.2) is 11.9 Å². The fourth-order valence-electron chi connectivity index (χ4n) is 0.478. The third-order valence-corrected chi connectivity index (χ3v) is 1.52. The van der Waals surface area contributed by atoms with Crippen LogP contribution in [0.25, 0.3) is 0 Å². The summed E-state index contributed by atoms with van der Waals surface area (Å²) in [4.78, 5) is 0. The molecule has 0 aromatic rings. The Labute approximate surface area is 82.8 Å². The summed E-state index contributed by atoms with van der Waals surface area (Å²) in [7, 11) is 0. The zero-order chi connectivity index (χ0) is 10.7. The Balaban J connectivity index is 0. The SMILES string of the molecule is CCC(F)=C(F)F.CCCCCCl. The van der Waals surface area contributed by atoms with Crippen molar-refractivity contribution in [1.29, 1.82) is 0 Å². The maximum absolute atomic E-state index is 11.4. The molecule has 0 bridgehead atoms. The molecule has 13 heavy (non-hydrogen) atoms. The normalized spacial score (nSPS) is 8.77. The number of hydrogen-bond donors (Lipinski definition) is 0. The van der Waals surface area contributed by atoms with Gasteiger partial charge in [0.15, 0.2) is 5.83 Å². The summed E-state index contributed by atoms with van der Waals surface area (Å²) in [6.45, 7) is 3.50. The van der Waals surface area contributed by atoms with Crippen LogP contribution in [-0.2, 0) is 0 Å². The van der Waals surface area contributed by atoms with E-state index in [-0.39, 0.29) is 6.42 Å². The highest BCUT2D eigenvalue weighted by Gasteiger charge is 1.98. The molecule has 0 heterocycles. The predicted octanol–water partition coefficient (Wildman–Crippen LogP) is 4.89. The molecular formula is C9H16ClF3. The van der Waals surface area contributed by atoms with Crippen LogP contribution >= 0.6 is 11.6 Å². The zero-order valence-electron chi connectivity index (χ0n) is 8.05. The molecule has 0 aliphatic carbocycles. The van der Waals surface area contributed by atoms with Gasteiger partial charge < -0.3 is 0 Å². The molecule has 0 atom stereocenters. The van der Waals surface area contributed by atoms with Crippen LogP contribution in [-0.4, -0.2) is 5.88 Å². The van der Waals surface area contributed by atoms with Gasteiger partial charge in [0, 0.05) is 12.3 Å². The lowest BCUT2D eigenvalue weighted by molar-refractivity contribution is 0.373. The molecule has 0 nitrogen and oxygen atoms in total. The second-order valence-corrected chi connectivity index (χ2v) is 2.79. The van der Waals surface area contributed by atoms with E-state index >= 15 is 0 Å². The molecule has 0 N–H and O–H groups in total. The van der Waals surface area contributed by atoms with Crippen molar-refractivity contribution in [2.24, 2.45) is 0 Å².